The average molecular weight is 609 g/mol. The molecule has 2 aliphatic rings. The molecule has 15 nitrogen and oxygen atoms in total. The summed E-state index contributed by atoms with van der Waals surface area (Å²) in [6.45, 7) is -2.19. The zero-order chi connectivity index (χ0) is 31.2. The lowest BCUT2D eigenvalue weighted by Crippen LogP contribution is -2.58. The molecule has 2 aliphatic heterocycles. The molecule has 0 radical (unpaired) electrons. The van der Waals surface area contributed by atoms with Crippen LogP contribution in [0.5, 0.6) is 23.0 Å². The van der Waals surface area contributed by atoms with Crippen LogP contribution in [0.3, 0.4) is 0 Å². The van der Waals surface area contributed by atoms with Crippen molar-refractivity contribution in [2.75, 3.05) is 34.0 Å². The molecule has 3 unspecified atom stereocenters. The molecule has 0 bridgehead atoms. The van der Waals surface area contributed by atoms with Gasteiger partial charge in [-0.05, 0) is 24.3 Å². The number of phenols is 2. The smallest absolute Gasteiger partial charge is 0.205 e. The number of aliphatic hydroxyl groups excluding tert-OH is 5. The molecular weight excluding hydrogens is 576 g/mol. The van der Waals surface area contributed by atoms with Gasteiger partial charge in [-0.25, -0.2) is 0 Å². The highest BCUT2D eigenvalue weighted by Crippen LogP contribution is 2.51. The molecule has 234 valence electrons. The van der Waals surface area contributed by atoms with Gasteiger partial charge < -0.3 is 69.0 Å². The molecule has 0 spiro atoms. The van der Waals surface area contributed by atoms with Crippen molar-refractivity contribution in [2.45, 2.75) is 48.5 Å². The highest BCUT2D eigenvalue weighted by molar-refractivity contribution is 5.94. The summed E-state index contributed by atoms with van der Waals surface area (Å²) in [5, 5.41) is 82.8. The van der Waals surface area contributed by atoms with Crippen molar-refractivity contribution in [1.29, 1.82) is 0 Å². The van der Waals surface area contributed by atoms with Crippen LogP contribution in [0.15, 0.2) is 39.5 Å². The second-order valence-corrected chi connectivity index (χ2v) is 10.3. The van der Waals surface area contributed by atoms with Gasteiger partial charge in [0.05, 0.1) is 39.6 Å². The standard InChI is InChI=1S/C28H32O15/c1-38-21-17(19(34)16-13(32)7-14(41-22(16)25(21)39-2)11-3-5-12(31)6-4-11)23-24(20(35)18(33)15(8-29)42-23)43-27-26(36)28(37,9-30)10-40-27/h3-7,15,18,20,23-24,26-27,29-31,33-37H,8-10H2,1-2H3/t15?,18-,20+,23+,24?,26-,27+,28?/m1/s1. The lowest BCUT2D eigenvalue weighted by Gasteiger charge is -2.43. The second kappa shape index (κ2) is 11.9. The molecule has 0 aliphatic carbocycles. The normalized spacial score (nSPS) is 30.9. The van der Waals surface area contributed by atoms with E-state index in [9.17, 15) is 45.6 Å². The first-order valence-electron chi connectivity index (χ1n) is 13.1. The fraction of sp³-hybridized carbons (Fsp3) is 0.464. The molecule has 43 heavy (non-hydrogen) atoms. The van der Waals surface area contributed by atoms with Gasteiger partial charge in [0.15, 0.2) is 23.1 Å². The van der Waals surface area contributed by atoms with Crippen LogP contribution in [-0.2, 0) is 14.2 Å². The first kappa shape index (κ1) is 30.9. The first-order valence-corrected chi connectivity index (χ1v) is 13.1. The molecule has 2 fully saturated rings. The van der Waals surface area contributed by atoms with Gasteiger partial charge in [-0.15, -0.1) is 0 Å². The van der Waals surface area contributed by atoms with Crippen molar-refractivity contribution < 1.29 is 69.0 Å². The Morgan fingerprint density at radius 3 is 2.26 bits per heavy atom. The summed E-state index contributed by atoms with van der Waals surface area (Å²) >= 11 is 0. The summed E-state index contributed by atoms with van der Waals surface area (Å²) in [4.78, 5) is 13.4. The highest BCUT2D eigenvalue weighted by Gasteiger charge is 2.54. The third-order valence-electron chi connectivity index (χ3n) is 7.68. The van der Waals surface area contributed by atoms with E-state index in [0.717, 1.165) is 6.07 Å². The van der Waals surface area contributed by atoms with Gasteiger partial charge in [0.1, 0.15) is 64.9 Å². The summed E-state index contributed by atoms with van der Waals surface area (Å²) in [6, 6.07) is 6.90. The minimum Gasteiger partial charge on any atom is -0.508 e. The summed E-state index contributed by atoms with van der Waals surface area (Å²) in [6.07, 6.45) is -11.7. The van der Waals surface area contributed by atoms with Gasteiger partial charge in [-0.3, -0.25) is 4.79 Å². The average Bonchev–Trinajstić information content (AvgIpc) is 3.28. The third kappa shape index (κ3) is 5.18. The largest absolute Gasteiger partial charge is 0.508 e. The van der Waals surface area contributed by atoms with Crippen molar-refractivity contribution >= 4 is 11.0 Å². The summed E-state index contributed by atoms with van der Waals surface area (Å²) in [5.74, 6) is -1.06. The van der Waals surface area contributed by atoms with Crippen LogP contribution in [0.25, 0.3) is 22.3 Å². The van der Waals surface area contributed by atoms with Crippen LogP contribution in [-0.4, -0.2) is 117 Å². The van der Waals surface area contributed by atoms with Crippen LogP contribution < -0.4 is 14.9 Å². The minimum absolute atomic E-state index is 0.0114. The summed E-state index contributed by atoms with van der Waals surface area (Å²) in [7, 11) is 2.46. The molecule has 8 atom stereocenters. The molecule has 3 aromatic rings. The maximum Gasteiger partial charge on any atom is 0.205 e. The van der Waals surface area contributed by atoms with E-state index in [2.05, 4.69) is 0 Å². The van der Waals surface area contributed by atoms with E-state index in [1.165, 1.54) is 38.5 Å². The number of aliphatic hydroxyl groups is 6. The SMILES string of the molecule is COc1c([C@@H]2OC(CO)[C@@H](O)[C@H](O)C2O[C@@H]2OCC(O)(CO)[C@@H]2O)c(O)c2c(=O)cc(-c3ccc(O)cc3)oc2c1OC. The lowest BCUT2D eigenvalue weighted by atomic mass is 9.89. The van der Waals surface area contributed by atoms with Crippen LogP contribution >= 0.6 is 0 Å². The Kier molecular flexibility index (Phi) is 8.54. The number of fused-ring (bicyclic) bond motifs is 1. The molecule has 2 aromatic carbocycles. The van der Waals surface area contributed by atoms with Crippen LogP contribution in [0.1, 0.15) is 11.7 Å². The summed E-state index contributed by atoms with van der Waals surface area (Å²) < 4.78 is 34.0. The van der Waals surface area contributed by atoms with Gasteiger partial charge in [-0.2, -0.15) is 0 Å². The summed E-state index contributed by atoms with van der Waals surface area (Å²) in [5.41, 5.74) is -2.90. The topological polar surface area (TPSA) is 238 Å². The molecular formula is C28H32O15. The Bertz CT molecular complexity index is 1520. The van der Waals surface area contributed by atoms with Crippen LogP contribution in [0, 0.1) is 0 Å². The molecule has 15 heteroatoms. The number of ether oxygens (including phenoxy) is 5. The van der Waals surface area contributed by atoms with E-state index >= 15 is 0 Å². The highest BCUT2D eigenvalue weighted by atomic mass is 16.7. The Balaban J connectivity index is 1.69. The number of phenolic OH excluding ortho intramolecular Hbond substituents is 2. The first-order chi connectivity index (χ1) is 20.5. The Labute approximate surface area is 243 Å². The van der Waals surface area contributed by atoms with E-state index in [4.69, 9.17) is 28.1 Å². The number of hydrogen-bond acceptors (Lipinski definition) is 15. The van der Waals surface area contributed by atoms with Gasteiger partial charge >= 0.3 is 0 Å². The van der Waals surface area contributed by atoms with Crippen molar-refractivity contribution in [3.63, 3.8) is 0 Å². The Hall–Kier alpha value is -3.51. The second-order valence-electron chi connectivity index (χ2n) is 10.3. The van der Waals surface area contributed by atoms with Crippen molar-refractivity contribution in [1.82, 2.24) is 0 Å². The van der Waals surface area contributed by atoms with Crippen LogP contribution in [0.2, 0.25) is 0 Å². The van der Waals surface area contributed by atoms with Gasteiger partial charge in [0.2, 0.25) is 5.75 Å². The van der Waals surface area contributed by atoms with E-state index in [1.807, 2.05) is 0 Å². The molecule has 0 amide bonds. The Morgan fingerprint density at radius 1 is 1.00 bits per heavy atom. The number of hydrogen-bond donors (Lipinski definition) is 8. The molecule has 5 rings (SSSR count). The quantitative estimate of drug-likeness (QED) is 0.151. The number of aromatic hydroxyl groups is 2. The zero-order valence-electron chi connectivity index (χ0n) is 23.0. The molecule has 3 heterocycles. The zero-order valence-corrected chi connectivity index (χ0v) is 23.0. The van der Waals surface area contributed by atoms with Crippen LogP contribution in [0.4, 0.5) is 0 Å². The Morgan fingerprint density at radius 2 is 1.67 bits per heavy atom. The molecule has 1 aromatic heterocycles. The molecule has 2 saturated heterocycles. The fourth-order valence-electron chi connectivity index (χ4n) is 5.30. The lowest BCUT2D eigenvalue weighted by molar-refractivity contribution is -0.287. The van der Waals surface area contributed by atoms with Crippen molar-refractivity contribution in [3.8, 4) is 34.3 Å². The van der Waals surface area contributed by atoms with E-state index in [0.29, 0.717) is 5.56 Å². The van der Waals surface area contributed by atoms with Gasteiger partial charge in [-0.1, -0.05) is 0 Å². The third-order valence-corrected chi connectivity index (χ3v) is 7.68. The molecule has 0 saturated carbocycles. The number of methoxy groups -OCH3 is 2. The number of rotatable bonds is 8. The maximum absolute atomic E-state index is 13.4. The number of benzene rings is 2. The molecule has 8 N–H and O–H groups in total. The van der Waals surface area contributed by atoms with Crippen molar-refractivity contribution in [3.05, 3.63) is 46.1 Å². The predicted octanol–water partition coefficient (Wildman–Crippen LogP) is -1.13. The van der Waals surface area contributed by atoms with E-state index in [1.54, 1.807) is 0 Å². The maximum atomic E-state index is 13.4. The van der Waals surface area contributed by atoms with E-state index < -0.39 is 79.5 Å². The predicted molar refractivity (Wildman–Crippen MR) is 144 cm³/mol. The van der Waals surface area contributed by atoms with Crippen molar-refractivity contribution in [2.24, 2.45) is 0 Å². The minimum atomic E-state index is -2.09. The van der Waals surface area contributed by atoms with E-state index in [-0.39, 0.29) is 39.5 Å². The fourth-order valence-corrected chi connectivity index (χ4v) is 5.30. The monoisotopic (exact) mass is 608 g/mol. The van der Waals surface area contributed by atoms with Gasteiger partial charge in [0.25, 0.3) is 0 Å². The van der Waals surface area contributed by atoms with Gasteiger partial charge in [0, 0.05) is 11.6 Å².